The second-order valence-corrected chi connectivity index (χ2v) is 10.4. The number of hydrogen-bond donors (Lipinski definition) is 2. The Labute approximate surface area is 207 Å². The van der Waals surface area contributed by atoms with Crippen LogP contribution in [0.4, 0.5) is 5.82 Å². The summed E-state index contributed by atoms with van der Waals surface area (Å²) in [5, 5.41) is 9.52. The zero-order valence-corrected chi connectivity index (χ0v) is 20.6. The summed E-state index contributed by atoms with van der Waals surface area (Å²) in [6, 6.07) is 19.7. The number of nitrogens with zero attached hydrogens (tertiary/aromatic N) is 4. The SMILES string of the molecule is CC(C)(C)c1ccc(C=Nn2c(N)c(C(=O)NCc3cccs3)c3nc4ccccc4nc32)cc1. The van der Waals surface area contributed by atoms with E-state index in [2.05, 4.69) is 43.3 Å². The van der Waals surface area contributed by atoms with E-state index in [9.17, 15) is 4.79 Å². The first-order valence-corrected chi connectivity index (χ1v) is 12.2. The van der Waals surface area contributed by atoms with Crippen LogP contribution >= 0.6 is 11.3 Å². The van der Waals surface area contributed by atoms with Gasteiger partial charge in [-0.15, -0.1) is 11.3 Å². The predicted molar refractivity (Wildman–Crippen MR) is 143 cm³/mol. The fourth-order valence-electron chi connectivity index (χ4n) is 3.85. The molecule has 0 aliphatic carbocycles. The number of benzene rings is 2. The van der Waals surface area contributed by atoms with Gasteiger partial charge in [-0.1, -0.05) is 63.2 Å². The fourth-order valence-corrected chi connectivity index (χ4v) is 4.50. The Morgan fingerprint density at radius 1 is 1.06 bits per heavy atom. The van der Waals surface area contributed by atoms with Crippen molar-refractivity contribution < 1.29 is 4.79 Å². The van der Waals surface area contributed by atoms with Crippen molar-refractivity contribution in [1.29, 1.82) is 0 Å². The van der Waals surface area contributed by atoms with Crippen LogP contribution in [-0.2, 0) is 12.0 Å². The molecule has 2 aromatic carbocycles. The van der Waals surface area contributed by atoms with Crippen LogP contribution in [0, 0.1) is 0 Å². The van der Waals surface area contributed by atoms with Gasteiger partial charge in [0.05, 0.1) is 23.8 Å². The fraction of sp³-hybridized carbons (Fsp3) is 0.185. The molecule has 7 nitrogen and oxygen atoms in total. The molecular weight excluding hydrogens is 456 g/mol. The third-order valence-electron chi connectivity index (χ3n) is 5.80. The molecular formula is C27H26N6OS. The van der Waals surface area contributed by atoms with Crippen LogP contribution in [0.5, 0.6) is 0 Å². The minimum absolute atomic E-state index is 0.0682. The van der Waals surface area contributed by atoms with E-state index in [1.165, 1.54) is 10.2 Å². The number of para-hydroxylation sites is 2. The van der Waals surface area contributed by atoms with Gasteiger partial charge in [-0.3, -0.25) is 4.79 Å². The van der Waals surface area contributed by atoms with E-state index in [-0.39, 0.29) is 22.7 Å². The van der Waals surface area contributed by atoms with Crippen LogP contribution in [-0.4, -0.2) is 26.8 Å². The Kier molecular flexibility index (Phi) is 5.82. The molecule has 5 aromatic rings. The highest BCUT2D eigenvalue weighted by molar-refractivity contribution is 7.09. The highest BCUT2D eigenvalue weighted by Crippen LogP contribution is 2.28. The van der Waals surface area contributed by atoms with Crippen LogP contribution in [0.2, 0.25) is 0 Å². The molecule has 3 N–H and O–H groups in total. The van der Waals surface area contributed by atoms with E-state index in [4.69, 9.17) is 15.7 Å². The van der Waals surface area contributed by atoms with E-state index < -0.39 is 0 Å². The van der Waals surface area contributed by atoms with Crippen molar-refractivity contribution in [3.63, 3.8) is 0 Å². The highest BCUT2D eigenvalue weighted by Gasteiger charge is 2.24. The number of amides is 1. The summed E-state index contributed by atoms with van der Waals surface area (Å²) in [6.07, 6.45) is 1.71. The van der Waals surface area contributed by atoms with Gasteiger partial charge in [-0.25, -0.2) is 9.97 Å². The number of nitrogens with two attached hydrogens (primary N) is 1. The first-order chi connectivity index (χ1) is 16.8. The maximum absolute atomic E-state index is 13.2. The highest BCUT2D eigenvalue weighted by atomic mass is 32.1. The molecule has 0 bridgehead atoms. The maximum Gasteiger partial charge on any atom is 0.257 e. The third-order valence-corrected chi connectivity index (χ3v) is 6.68. The van der Waals surface area contributed by atoms with Gasteiger partial charge in [-0.2, -0.15) is 9.78 Å². The topological polar surface area (TPSA) is 98.2 Å². The molecule has 0 spiro atoms. The van der Waals surface area contributed by atoms with Crippen molar-refractivity contribution in [2.75, 3.05) is 5.73 Å². The summed E-state index contributed by atoms with van der Waals surface area (Å²) >= 11 is 1.58. The second-order valence-electron chi connectivity index (χ2n) is 9.34. The molecule has 3 heterocycles. The Morgan fingerprint density at radius 2 is 1.77 bits per heavy atom. The molecule has 5 rings (SSSR count). The second kappa shape index (κ2) is 8.96. The van der Waals surface area contributed by atoms with Crippen molar-refractivity contribution in [2.24, 2.45) is 5.10 Å². The maximum atomic E-state index is 13.2. The van der Waals surface area contributed by atoms with Crippen molar-refractivity contribution in [3.8, 4) is 0 Å². The van der Waals surface area contributed by atoms with E-state index in [0.717, 1.165) is 10.4 Å². The van der Waals surface area contributed by atoms with Gasteiger partial charge in [0, 0.05) is 4.88 Å². The largest absolute Gasteiger partial charge is 0.383 e. The summed E-state index contributed by atoms with van der Waals surface area (Å²) in [5.74, 6) is -0.115. The molecule has 176 valence electrons. The molecule has 0 saturated heterocycles. The van der Waals surface area contributed by atoms with Crippen molar-refractivity contribution >= 4 is 51.5 Å². The van der Waals surface area contributed by atoms with E-state index in [1.54, 1.807) is 17.6 Å². The minimum atomic E-state index is -0.311. The zero-order chi connectivity index (χ0) is 24.6. The Bertz CT molecular complexity index is 1540. The minimum Gasteiger partial charge on any atom is -0.383 e. The molecule has 8 heteroatoms. The predicted octanol–water partition coefficient (Wildman–Crippen LogP) is 5.34. The average molecular weight is 483 g/mol. The van der Waals surface area contributed by atoms with Gasteiger partial charge < -0.3 is 11.1 Å². The first kappa shape index (κ1) is 22.7. The first-order valence-electron chi connectivity index (χ1n) is 11.3. The zero-order valence-electron chi connectivity index (χ0n) is 19.8. The Morgan fingerprint density at radius 3 is 2.43 bits per heavy atom. The summed E-state index contributed by atoms with van der Waals surface area (Å²) in [5.41, 5.74) is 11.2. The number of aromatic nitrogens is 3. The number of fused-ring (bicyclic) bond motifs is 2. The van der Waals surface area contributed by atoms with Gasteiger partial charge >= 0.3 is 0 Å². The summed E-state index contributed by atoms with van der Waals surface area (Å²) in [7, 11) is 0. The standard InChI is InChI=1S/C27H26N6OS/c1-27(2,3)18-12-10-17(11-13-18)15-30-33-24(28)22(26(34)29-16-19-7-6-14-35-19)23-25(33)32-21-9-5-4-8-20(21)31-23/h4-15H,16,28H2,1-3H3,(H,29,34). The summed E-state index contributed by atoms with van der Waals surface area (Å²) in [6.45, 7) is 6.94. The molecule has 0 radical (unpaired) electrons. The van der Waals surface area contributed by atoms with Crippen molar-refractivity contribution in [1.82, 2.24) is 20.0 Å². The van der Waals surface area contributed by atoms with Crippen LogP contribution in [0.15, 0.2) is 71.1 Å². The summed E-state index contributed by atoms with van der Waals surface area (Å²) in [4.78, 5) is 23.7. The molecule has 0 unspecified atom stereocenters. The molecule has 3 aromatic heterocycles. The lowest BCUT2D eigenvalue weighted by molar-refractivity contribution is 0.0953. The smallest absolute Gasteiger partial charge is 0.257 e. The number of nitrogens with one attached hydrogen (secondary N) is 1. The number of carbonyl (C=O) groups is 1. The Hall–Kier alpha value is -4.04. The van der Waals surface area contributed by atoms with E-state index in [1.807, 2.05) is 53.9 Å². The average Bonchev–Trinajstić information content (AvgIpc) is 3.45. The molecule has 0 atom stereocenters. The lowest BCUT2D eigenvalue weighted by Crippen LogP contribution is -2.23. The van der Waals surface area contributed by atoms with Crippen LogP contribution in [0.25, 0.3) is 22.2 Å². The van der Waals surface area contributed by atoms with Crippen LogP contribution in [0.3, 0.4) is 0 Å². The quantitative estimate of drug-likeness (QED) is 0.331. The number of nitrogen functional groups attached to an aromatic ring is 1. The third kappa shape index (κ3) is 4.52. The van der Waals surface area contributed by atoms with Gasteiger partial charge in [0.2, 0.25) is 0 Å². The molecule has 0 aliphatic rings. The molecule has 0 aliphatic heterocycles. The number of carbonyl (C=O) groups excluding carboxylic acids is 1. The monoisotopic (exact) mass is 482 g/mol. The number of thiophene rings is 1. The Balaban J connectivity index is 1.57. The van der Waals surface area contributed by atoms with E-state index in [0.29, 0.717) is 28.7 Å². The molecule has 1 amide bonds. The van der Waals surface area contributed by atoms with Gasteiger partial charge in [-0.05, 0) is 40.1 Å². The normalized spacial score (nSPS) is 12.1. The molecule has 0 saturated carbocycles. The lowest BCUT2D eigenvalue weighted by atomic mass is 9.87. The van der Waals surface area contributed by atoms with Crippen molar-refractivity contribution in [2.45, 2.75) is 32.7 Å². The van der Waals surface area contributed by atoms with Gasteiger partial charge in [0.1, 0.15) is 16.9 Å². The number of anilines is 1. The van der Waals surface area contributed by atoms with Crippen LogP contribution in [0.1, 0.15) is 47.1 Å². The summed E-state index contributed by atoms with van der Waals surface area (Å²) < 4.78 is 1.49. The van der Waals surface area contributed by atoms with Gasteiger partial charge in [0.15, 0.2) is 5.65 Å². The molecule has 0 fully saturated rings. The van der Waals surface area contributed by atoms with Gasteiger partial charge in [0.25, 0.3) is 5.91 Å². The molecule has 35 heavy (non-hydrogen) atoms. The lowest BCUT2D eigenvalue weighted by Gasteiger charge is -2.18. The van der Waals surface area contributed by atoms with E-state index >= 15 is 0 Å². The van der Waals surface area contributed by atoms with Crippen LogP contribution < -0.4 is 11.1 Å². The van der Waals surface area contributed by atoms with Crippen molar-refractivity contribution in [3.05, 3.63) is 87.6 Å². The number of hydrogen-bond acceptors (Lipinski definition) is 6. The number of rotatable bonds is 5.